The molecule has 4 nitrogen and oxygen atoms in total. The standard InChI is InChI=1S/C26H22N2O2/c1-17-12-13-20(16-18(17)2)23-24(27-15-14-19-8-6-7-11-22(19)27)26(30)28(25(23)29)21-9-4-3-5-10-21/h3-13,16H,14-15H2,1-2H3. The molecule has 0 aromatic heterocycles. The molecule has 0 bridgehead atoms. The van der Waals surface area contributed by atoms with E-state index in [1.165, 1.54) is 10.5 Å². The number of benzene rings is 3. The molecule has 2 aliphatic rings. The zero-order valence-electron chi connectivity index (χ0n) is 17.1. The molecule has 2 heterocycles. The van der Waals surface area contributed by atoms with E-state index in [2.05, 4.69) is 6.07 Å². The first kappa shape index (κ1) is 18.4. The van der Waals surface area contributed by atoms with Crippen LogP contribution in [0.15, 0.2) is 78.5 Å². The van der Waals surface area contributed by atoms with Crippen molar-refractivity contribution in [2.24, 2.45) is 0 Å². The van der Waals surface area contributed by atoms with Crippen LogP contribution < -0.4 is 9.80 Å². The summed E-state index contributed by atoms with van der Waals surface area (Å²) in [7, 11) is 0. The number of amides is 2. The highest BCUT2D eigenvalue weighted by molar-refractivity contribution is 6.46. The number of carbonyl (C=O) groups excluding carboxylic acids is 2. The molecule has 0 spiro atoms. The fourth-order valence-corrected chi connectivity index (χ4v) is 4.31. The van der Waals surface area contributed by atoms with Crippen LogP contribution in [0.25, 0.3) is 5.57 Å². The summed E-state index contributed by atoms with van der Waals surface area (Å²) < 4.78 is 0. The second-order valence-electron chi connectivity index (χ2n) is 7.83. The molecule has 3 aromatic carbocycles. The molecule has 0 radical (unpaired) electrons. The summed E-state index contributed by atoms with van der Waals surface area (Å²) in [5, 5.41) is 0. The first-order valence-electron chi connectivity index (χ1n) is 10.2. The Kier molecular flexibility index (Phi) is 4.28. The molecule has 0 fully saturated rings. The molecule has 3 aromatic rings. The number of aryl methyl sites for hydroxylation is 2. The van der Waals surface area contributed by atoms with Crippen LogP contribution in [0.4, 0.5) is 11.4 Å². The average molecular weight is 394 g/mol. The highest BCUT2D eigenvalue weighted by Gasteiger charge is 2.44. The van der Waals surface area contributed by atoms with Crippen molar-refractivity contribution in [3.8, 4) is 0 Å². The normalized spacial score (nSPS) is 15.9. The number of anilines is 2. The van der Waals surface area contributed by atoms with Crippen LogP contribution in [0.2, 0.25) is 0 Å². The Hall–Kier alpha value is -3.66. The molecule has 5 rings (SSSR count). The van der Waals surface area contributed by atoms with Crippen molar-refractivity contribution in [2.75, 3.05) is 16.3 Å². The number of carbonyl (C=O) groups is 2. The third-order valence-corrected chi connectivity index (χ3v) is 6.03. The topological polar surface area (TPSA) is 40.6 Å². The Balaban J connectivity index is 1.71. The fourth-order valence-electron chi connectivity index (χ4n) is 4.31. The smallest absolute Gasteiger partial charge is 0.282 e. The molecule has 30 heavy (non-hydrogen) atoms. The third-order valence-electron chi connectivity index (χ3n) is 6.03. The SMILES string of the molecule is Cc1ccc(C2=C(N3CCc4ccccc43)C(=O)N(c3ccccc3)C2=O)cc1C. The van der Waals surface area contributed by atoms with Gasteiger partial charge in [-0.2, -0.15) is 0 Å². The predicted octanol–water partition coefficient (Wildman–Crippen LogP) is 4.65. The van der Waals surface area contributed by atoms with Crippen LogP contribution in [0, 0.1) is 13.8 Å². The van der Waals surface area contributed by atoms with Crippen molar-refractivity contribution < 1.29 is 9.59 Å². The van der Waals surface area contributed by atoms with Crippen molar-refractivity contribution in [3.63, 3.8) is 0 Å². The maximum Gasteiger partial charge on any atom is 0.282 e. The van der Waals surface area contributed by atoms with Crippen molar-refractivity contribution in [2.45, 2.75) is 20.3 Å². The lowest BCUT2D eigenvalue weighted by Gasteiger charge is -2.22. The first-order chi connectivity index (χ1) is 14.6. The summed E-state index contributed by atoms with van der Waals surface area (Å²) in [5.74, 6) is -0.537. The van der Waals surface area contributed by atoms with Gasteiger partial charge in [0.05, 0.1) is 11.3 Å². The number of nitrogens with zero attached hydrogens (tertiary/aromatic N) is 2. The van der Waals surface area contributed by atoms with Crippen LogP contribution in [-0.2, 0) is 16.0 Å². The van der Waals surface area contributed by atoms with E-state index in [0.717, 1.165) is 28.8 Å². The lowest BCUT2D eigenvalue weighted by atomic mass is 9.99. The van der Waals surface area contributed by atoms with Crippen molar-refractivity contribution in [3.05, 3.63) is 101 Å². The number of imide groups is 1. The van der Waals surface area contributed by atoms with E-state index in [1.807, 2.05) is 73.3 Å². The molecular formula is C26H22N2O2. The monoisotopic (exact) mass is 394 g/mol. The Morgan fingerprint density at radius 3 is 2.27 bits per heavy atom. The van der Waals surface area contributed by atoms with E-state index in [4.69, 9.17) is 0 Å². The second-order valence-corrected chi connectivity index (χ2v) is 7.83. The van der Waals surface area contributed by atoms with Crippen molar-refractivity contribution in [1.82, 2.24) is 0 Å². The maximum atomic E-state index is 13.7. The van der Waals surface area contributed by atoms with Crippen LogP contribution in [-0.4, -0.2) is 18.4 Å². The van der Waals surface area contributed by atoms with E-state index in [0.29, 0.717) is 23.5 Å². The Bertz CT molecular complexity index is 1210. The number of hydrogen-bond acceptors (Lipinski definition) is 3. The summed E-state index contributed by atoms with van der Waals surface area (Å²) in [4.78, 5) is 30.6. The van der Waals surface area contributed by atoms with Crippen molar-refractivity contribution >= 4 is 28.8 Å². The van der Waals surface area contributed by atoms with E-state index < -0.39 is 0 Å². The van der Waals surface area contributed by atoms with Gasteiger partial charge in [0.15, 0.2) is 0 Å². The highest BCUT2D eigenvalue weighted by Crippen LogP contribution is 2.40. The highest BCUT2D eigenvalue weighted by atomic mass is 16.2. The number of para-hydroxylation sites is 2. The summed E-state index contributed by atoms with van der Waals surface area (Å²) in [6, 6.07) is 23.2. The molecule has 0 N–H and O–H groups in total. The van der Waals surface area contributed by atoms with E-state index in [-0.39, 0.29) is 11.8 Å². The van der Waals surface area contributed by atoms with Crippen LogP contribution in [0.1, 0.15) is 22.3 Å². The van der Waals surface area contributed by atoms with Gasteiger partial charge >= 0.3 is 0 Å². The van der Waals surface area contributed by atoms with E-state index >= 15 is 0 Å². The molecule has 0 saturated carbocycles. The van der Waals surface area contributed by atoms with Gasteiger partial charge in [-0.25, -0.2) is 4.90 Å². The van der Waals surface area contributed by atoms with Gasteiger partial charge in [-0.05, 0) is 60.7 Å². The van der Waals surface area contributed by atoms with Gasteiger partial charge in [0.2, 0.25) is 0 Å². The molecule has 0 saturated heterocycles. The lowest BCUT2D eigenvalue weighted by Crippen LogP contribution is -2.34. The summed E-state index contributed by atoms with van der Waals surface area (Å²) >= 11 is 0. The van der Waals surface area contributed by atoms with Crippen LogP contribution in [0.3, 0.4) is 0 Å². The minimum Gasteiger partial charge on any atom is -0.336 e. The molecule has 0 unspecified atom stereocenters. The van der Waals surface area contributed by atoms with Gasteiger partial charge in [-0.1, -0.05) is 54.6 Å². The number of rotatable bonds is 3. The zero-order valence-corrected chi connectivity index (χ0v) is 17.1. The maximum absolute atomic E-state index is 13.7. The van der Waals surface area contributed by atoms with Gasteiger partial charge in [0, 0.05) is 12.2 Å². The quantitative estimate of drug-likeness (QED) is 0.607. The Morgan fingerprint density at radius 2 is 1.50 bits per heavy atom. The minimum atomic E-state index is -0.270. The third kappa shape index (κ3) is 2.76. The van der Waals surface area contributed by atoms with Gasteiger partial charge in [-0.15, -0.1) is 0 Å². The Labute approximate surface area is 176 Å². The summed E-state index contributed by atoms with van der Waals surface area (Å²) in [6.07, 6.45) is 0.854. The molecule has 0 atom stereocenters. The predicted molar refractivity (Wildman–Crippen MR) is 119 cm³/mol. The average Bonchev–Trinajstić information content (AvgIpc) is 3.29. The molecular weight excluding hydrogens is 372 g/mol. The Morgan fingerprint density at radius 1 is 0.767 bits per heavy atom. The molecule has 2 amide bonds. The van der Waals surface area contributed by atoms with Crippen LogP contribution in [0.5, 0.6) is 0 Å². The van der Waals surface area contributed by atoms with Gasteiger partial charge in [-0.3, -0.25) is 9.59 Å². The zero-order chi connectivity index (χ0) is 20.8. The summed E-state index contributed by atoms with van der Waals surface area (Å²) in [6.45, 7) is 4.76. The van der Waals surface area contributed by atoms with Gasteiger partial charge in [0.25, 0.3) is 11.8 Å². The molecule has 148 valence electrons. The second kappa shape index (κ2) is 6.99. The molecule has 4 heteroatoms. The van der Waals surface area contributed by atoms with Crippen LogP contribution >= 0.6 is 0 Å². The van der Waals surface area contributed by atoms with E-state index in [9.17, 15) is 9.59 Å². The van der Waals surface area contributed by atoms with Crippen molar-refractivity contribution in [1.29, 1.82) is 0 Å². The van der Waals surface area contributed by atoms with E-state index in [1.54, 1.807) is 12.1 Å². The first-order valence-corrected chi connectivity index (χ1v) is 10.2. The minimum absolute atomic E-state index is 0.267. The number of fused-ring (bicyclic) bond motifs is 1. The largest absolute Gasteiger partial charge is 0.336 e. The van der Waals surface area contributed by atoms with Gasteiger partial charge in [0.1, 0.15) is 5.70 Å². The van der Waals surface area contributed by atoms with Gasteiger partial charge < -0.3 is 4.90 Å². The molecule has 2 aliphatic heterocycles. The number of hydrogen-bond donors (Lipinski definition) is 0. The summed E-state index contributed by atoms with van der Waals surface area (Å²) in [5.41, 5.74) is 6.78. The fraction of sp³-hybridized carbons (Fsp3) is 0.154. The lowest BCUT2D eigenvalue weighted by molar-refractivity contribution is -0.120. The molecule has 0 aliphatic carbocycles.